The van der Waals surface area contributed by atoms with Crippen LogP contribution in [0.3, 0.4) is 0 Å². The van der Waals surface area contributed by atoms with Crippen LogP contribution in [0.4, 0.5) is 0 Å². The lowest BCUT2D eigenvalue weighted by Crippen LogP contribution is -2.44. The minimum Gasteiger partial charge on any atom is -0.358 e. The number of nitrogens with one attached hydrogen (secondary N) is 1. The average Bonchev–Trinajstić information content (AvgIpc) is 3.00. The Labute approximate surface area is 260 Å². The topological polar surface area (TPSA) is 81.9 Å². The van der Waals surface area contributed by atoms with Gasteiger partial charge in [0, 0.05) is 42.8 Å². The van der Waals surface area contributed by atoms with Crippen LogP contribution in [0.15, 0.2) is 36.4 Å². The van der Waals surface area contributed by atoms with E-state index in [1.165, 1.54) is 24.0 Å². The number of nitrogens with two attached hydrogens (primary N) is 1. The van der Waals surface area contributed by atoms with E-state index in [0.717, 1.165) is 114 Å². The predicted octanol–water partition coefficient (Wildman–Crippen LogP) is 5.03. The smallest absolute Gasteiger partial charge is 0.236 e. The second-order valence-corrected chi connectivity index (χ2v) is 13.4. The molecule has 7 nitrogen and oxygen atoms in total. The minimum atomic E-state index is 0.0845. The summed E-state index contributed by atoms with van der Waals surface area (Å²) in [5, 5.41) is 4.15. The summed E-state index contributed by atoms with van der Waals surface area (Å²) in [5.41, 5.74) is 10.4. The molecule has 0 aliphatic carbocycles. The molecule has 0 unspecified atom stereocenters. The zero-order valence-corrected chi connectivity index (χ0v) is 26.1. The van der Waals surface area contributed by atoms with Gasteiger partial charge in [0.25, 0.3) is 0 Å². The maximum Gasteiger partial charge on any atom is 0.236 e. The van der Waals surface area contributed by atoms with Crippen LogP contribution in [0.2, 0.25) is 10.0 Å². The lowest BCUT2D eigenvalue weighted by Gasteiger charge is -2.40. The summed E-state index contributed by atoms with van der Waals surface area (Å²) in [6.45, 7) is 8.76. The number of hydrogen-bond acceptors (Lipinski definition) is 5. The molecule has 2 aromatic carbocycles. The first-order valence-corrected chi connectivity index (χ1v) is 16.3. The lowest BCUT2D eigenvalue weighted by molar-refractivity contribution is -0.131. The average molecular weight is 615 g/mol. The van der Waals surface area contributed by atoms with Crippen LogP contribution in [0, 0.1) is 17.8 Å². The summed E-state index contributed by atoms with van der Waals surface area (Å²) >= 11 is 12.8. The predicted molar refractivity (Wildman–Crippen MR) is 170 cm³/mol. The number of hydrogen-bond donors (Lipinski definition) is 2. The van der Waals surface area contributed by atoms with Crippen LogP contribution in [0.1, 0.15) is 49.7 Å². The van der Waals surface area contributed by atoms with Gasteiger partial charge in [0.2, 0.25) is 12.3 Å². The van der Waals surface area contributed by atoms with E-state index in [-0.39, 0.29) is 12.5 Å². The molecule has 3 heterocycles. The molecule has 0 atom stereocenters. The van der Waals surface area contributed by atoms with E-state index >= 15 is 0 Å². The Morgan fingerprint density at radius 1 is 0.762 bits per heavy atom. The number of nitrogens with zero attached hydrogens (tertiary/aromatic N) is 3. The normalized spacial score (nSPS) is 20.1. The van der Waals surface area contributed by atoms with E-state index in [4.69, 9.17) is 28.9 Å². The Kier molecular flexibility index (Phi) is 11.2. The van der Waals surface area contributed by atoms with E-state index in [1.807, 2.05) is 17.0 Å². The van der Waals surface area contributed by atoms with E-state index in [9.17, 15) is 9.59 Å². The quantitative estimate of drug-likeness (QED) is 0.367. The van der Waals surface area contributed by atoms with Gasteiger partial charge in [-0.25, -0.2) is 0 Å². The number of carbonyl (C=O) groups excluding carboxylic acids is 2. The highest BCUT2D eigenvalue weighted by Gasteiger charge is 2.30. The summed E-state index contributed by atoms with van der Waals surface area (Å²) in [6, 6.07) is 12.8. The molecule has 3 saturated heterocycles. The molecule has 3 N–H and O–H groups in total. The number of rotatable bonds is 10. The van der Waals surface area contributed by atoms with E-state index in [1.54, 1.807) is 6.07 Å². The number of piperidine rings is 3. The molecule has 3 aliphatic heterocycles. The highest BCUT2D eigenvalue weighted by Crippen LogP contribution is 2.34. The summed E-state index contributed by atoms with van der Waals surface area (Å²) < 4.78 is 0. The molecule has 0 spiro atoms. The van der Waals surface area contributed by atoms with Crippen molar-refractivity contribution in [3.63, 3.8) is 0 Å². The van der Waals surface area contributed by atoms with Gasteiger partial charge >= 0.3 is 0 Å². The number of carbonyl (C=O) groups is 2. The standard InChI is InChI=1S/C33H45Cl2N5O2/c34-31-16-30(17-32(35)18-31)29-14-25(21-38-7-1-24(2-8-38)20-37-23-41)13-26(15-29)22-39-9-3-27(4-10-39)28-5-11-40(12-6-28)33(42)19-36/h13-18,23-24,27-28H,1-12,19-22,36H2,(H,37,41). The van der Waals surface area contributed by atoms with Crippen molar-refractivity contribution in [2.75, 3.05) is 52.4 Å². The maximum atomic E-state index is 12.0. The molecule has 0 bridgehead atoms. The second kappa shape index (κ2) is 15.0. The lowest BCUT2D eigenvalue weighted by atomic mass is 9.78. The fraction of sp³-hybridized carbons (Fsp3) is 0.576. The molecule has 2 aromatic rings. The van der Waals surface area contributed by atoms with Gasteiger partial charge in [-0.1, -0.05) is 29.3 Å². The van der Waals surface area contributed by atoms with Crippen molar-refractivity contribution in [2.24, 2.45) is 23.5 Å². The largest absolute Gasteiger partial charge is 0.358 e. The molecule has 9 heteroatoms. The van der Waals surface area contributed by atoms with E-state index in [0.29, 0.717) is 16.0 Å². The van der Waals surface area contributed by atoms with Gasteiger partial charge < -0.3 is 16.0 Å². The fourth-order valence-electron chi connectivity index (χ4n) is 7.24. The molecule has 0 aromatic heterocycles. The van der Waals surface area contributed by atoms with Crippen LogP contribution in [0.5, 0.6) is 0 Å². The van der Waals surface area contributed by atoms with E-state index in [2.05, 4.69) is 33.3 Å². The van der Waals surface area contributed by atoms with Crippen molar-refractivity contribution in [3.05, 3.63) is 57.6 Å². The molecule has 5 rings (SSSR count). The monoisotopic (exact) mass is 613 g/mol. The summed E-state index contributed by atoms with van der Waals surface area (Å²) in [4.78, 5) is 29.7. The molecule has 0 radical (unpaired) electrons. The Bertz CT molecular complexity index is 1180. The first-order valence-electron chi connectivity index (χ1n) is 15.6. The SMILES string of the molecule is NCC(=O)N1CCC(C2CCN(Cc3cc(CN4CCC(CNC=O)CC4)cc(-c4cc(Cl)cc(Cl)c4)c3)CC2)CC1. The Hall–Kier alpha value is -2.16. The number of benzene rings is 2. The molecular weight excluding hydrogens is 569 g/mol. The maximum absolute atomic E-state index is 12.0. The third kappa shape index (κ3) is 8.48. The van der Waals surface area contributed by atoms with E-state index < -0.39 is 0 Å². The van der Waals surface area contributed by atoms with Crippen molar-refractivity contribution < 1.29 is 9.59 Å². The van der Waals surface area contributed by atoms with Gasteiger partial charge in [0.1, 0.15) is 0 Å². The third-order valence-corrected chi connectivity index (χ3v) is 10.1. The highest BCUT2D eigenvalue weighted by molar-refractivity contribution is 6.35. The van der Waals surface area contributed by atoms with Crippen molar-refractivity contribution in [1.82, 2.24) is 20.0 Å². The summed E-state index contributed by atoms with van der Waals surface area (Å²) in [7, 11) is 0. The fourth-order valence-corrected chi connectivity index (χ4v) is 7.77. The van der Waals surface area contributed by atoms with Crippen LogP contribution < -0.4 is 11.1 Å². The Morgan fingerprint density at radius 3 is 1.79 bits per heavy atom. The zero-order chi connectivity index (χ0) is 29.5. The van der Waals surface area contributed by atoms with Crippen molar-refractivity contribution >= 4 is 35.5 Å². The van der Waals surface area contributed by atoms with Crippen LogP contribution in [-0.4, -0.2) is 79.4 Å². The van der Waals surface area contributed by atoms with Gasteiger partial charge in [0.15, 0.2) is 0 Å². The zero-order valence-electron chi connectivity index (χ0n) is 24.6. The van der Waals surface area contributed by atoms with Crippen LogP contribution >= 0.6 is 23.2 Å². The van der Waals surface area contributed by atoms with Crippen molar-refractivity contribution in [2.45, 2.75) is 51.6 Å². The molecule has 3 fully saturated rings. The number of amides is 2. The summed E-state index contributed by atoms with van der Waals surface area (Å²) in [5.74, 6) is 2.11. The molecule has 2 amide bonds. The van der Waals surface area contributed by atoms with Crippen molar-refractivity contribution in [1.29, 1.82) is 0 Å². The van der Waals surface area contributed by atoms with Gasteiger partial charge in [-0.3, -0.25) is 19.4 Å². The van der Waals surface area contributed by atoms with Gasteiger partial charge in [-0.15, -0.1) is 0 Å². The third-order valence-electron chi connectivity index (χ3n) is 9.62. The Morgan fingerprint density at radius 2 is 1.26 bits per heavy atom. The molecule has 3 aliphatic rings. The first-order chi connectivity index (χ1) is 20.4. The van der Waals surface area contributed by atoms with Crippen molar-refractivity contribution in [3.8, 4) is 11.1 Å². The highest BCUT2D eigenvalue weighted by atomic mass is 35.5. The Balaban J connectivity index is 1.23. The molecule has 0 saturated carbocycles. The summed E-state index contributed by atoms with van der Waals surface area (Å²) in [6.07, 6.45) is 7.67. The minimum absolute atomic E-state index is 0.0845. The van der Waals surface area contributed by atoms with Gasteiger partial charge in [0.05, 0.1) is 6.54 Å². The van der Waals surface area contributed by atoms with Gasteiger partial charge in [-0.05, 0) is 135 Å². The van der Waals surface area contributed by atoms with Gasteiger partial charge in [-0.2, -0.15) is 0 Å². The molecule has 228 valence electrons. The number of likely N-dealkylation sites (tertiary alicyclic amines) is 3. The van der Waals surface area contributed by atoms with Crippen LogP contribution in [0.25, 0.3) is 11.1 Å². The van der Waals surface area contributed by atoms with Crippen LogP contribution in [-0.2, 0) is 22.7 Å². The second-order valence-electron chi connectivity index (χ2n) is 12.5. The molecule has 42 heavy (non-hydrogen) atoms. The first kappa shape index (κ1) is 31.3. The molecular formula is C33H45Cl2N5O2. The number of halogens is 2.